The molecule has 1 amide bonds. The number of carbonyl (C=O) groups excluding carboxylic acids is 1. The maximum absolute atomic E-state index is 13.3. The molecule has 2 unspecified atom stereocenters. The van der Waals surface area contributed by atoms with Crippen LogP contribution in [-0.4, -0.2) is 40.8 Å². The lowest BCUT2D eigenvalue weighted by Gasteiger charge is -2.25. The van der Waals surface area contributed by atoms with E-state index in [-0.39, 0.29) is 29.7 Å². The van der Waals surface area contributed by atoms with Gasteiger partial charge in [-0.1, -0.05) is 0 Å². The third-order valence-electron chi connectivity index (χ3n) is 3.78. The summed E-state index contributed by atoms with van der Waals surface area (Å²) in [4.78, 5) is 13.7. The molecular weight excluding hydrogens is 299 g/mol. The molecule has 0 bridgehead atoms. The Morgan fingerprint density at radius 1 is 1.48 bits per heavy atom. The molecule has 0 spiro atoms. The first-order chi connectivity index (χ1) is 10.7. The molecule has 2 rings (SSSR count). The molecule has 1 fully saturated rings. The summed E-state index contributed by atoms with van der Waals surface area (Å²) in [5, 5.41) is 13.2. The number of nitrogens with zero attached hydrogens (tertiary/aromatic N) is 1. The van der Waals surface area contributed by atoms with Gasteiger partial charge in [-0.25, -0.2) is 9.18 Å². The number of hydrogen-bond acceptors (Lipinski definition) is 4. The van der Waals surface area contributed by atoms with Crippen LogP contribution in [0.15, 0.2) is 18.2 Å². The molecule has 1 aliphatic heterocycles. The summed E-state index contributed by atoms with van der Waals surface area (Å²) in [6, 6.07) is 3.78. The predicted octanol–water partition coefficient (Wildman–Crippen LogP) is 3.19. The average Bonchev–Trinajstić information content (AvgIpc) is 2.88. The van der Waals surface area contributed by atoms with Crippen molar-refractivity contribution in [2.45, 2.75) is 51.8 Å². The quantitative estimate of drug-likeness (QED) is 0.896. The van der Waals surface area contributed by atoms with E-state index in [1.165, 1.54) is 18.2 Å². The minimum Gasteiger partial charge on any atom is -0.508 e. The molecule has 0 saturated carbocycles. The van der Waals surface area contributed by atoms with Gasteiger partial charge in [-0.3, -0.25) is 0 Å². The van der Waals surface area contributed by atoms with Crippen molar-refractivity contribution in [2.24, 2.45) is 0 Å². The van der Waals surface area contributed by atoms with Crippen LogP contribution in [0.1, 0.15) is 45.7 Å². The lowest BCUT2D eigenvalue weighted by Crippen LogP contribution is -2.39. The van der Waals surface area contributed by atoms with Crippen molar-refractivity contribution in [3.8, 4) is 5.75 Å². The number of rotatable bonds is 3. The third-order valence-corrected chi connectivity index (χ3v) is 3.78. The van der Waals surface area contributed by atoms with Crippen molar-refractivity contribution in [3.63, 3.8) is 0 Å². The standard InChI is InChI=1S/C17H25FN2O3/c1-11(14-9-12(18)5-6-15(14)21)19-13-7-8-20(10-13)16(22)23-17(2,3)4/h5-6,9,11,13,19,21H,7-8,10H2,1-4H3. The summed E-state index contributed by atoms with van der Waals surface area (Å²) >= 11 is 0. The first kappa shape index (κ1) is 17.5. The van der Waals surface area contributed by atoms with Crippen LogP contribution in [0.3, 0.4) is 0 Å². The van der Waals surface area contributed by atoms with Gasteiger partial charge in [0.1, 0.15) is 17.2 Å². The van der Waals surface area contributed by atoms with E-state index in [1.807, 2.05) is 27.7 Å². The summed E-state index contributed by atoms with van der Waals surface area (Å²) < 4.78 is 18.7. The summed E-state index contributed by atoms with van der Waals surface area (Å²) in [6.07, 6.45) is 0.475. The fraction of sp³-hybridized carbons (Fsp3) is 0.588. The van der Waals surface area contributed by atoms with Crippen LogP contribution in [0.25, 0.3) is 0 Å². The van der Waals surface area contributed by atoms with Gasteiger partial charge in [0.25, 0.3) is 0 Å². The monoisotopic (exact) mass is 324 g/mol. The molecule has 2 atom stereocenters. The molecule has 128 valence electrons. The minimum absolute atomic E-state index is 0.0633. The second-order valence-electron chi connectivity index (χ2n) is 7.00. The zero-order valence-corrected chi connectivity index (χ0v) is 14.1. The van der Waals surface area contributed by atoms with E-state index in [1.54, 1.807) is 4.90 Å². The smallest absolute Gasteiger partial charge is 0.410 e. The number of phenolic OH excluding ortho intramolecular Hbond substituents is 1. The lowest BCUT2D eigenvalue weighted by atomic mass is 10.1. The highest BCUT2D eigenvalue weighted by Gasteiger charge is 2.30. The van der Waals surface area contributed by atoms with Gasteiger partial charge < -0.3 is 20.1 Å². The normalized spacial score (nSPS) is 19.7. The van der Waals surface area contributed by atoms with Crippen LogP contribution in [-0.2, 0) is 4.74 Å². The maximum Gasteiger partial charge on any atom is 0.410 e. The molecule has 2 N–H and O–H groups in total. The number of carbonyl (C=O) groups is 1. The highest BCUT2D eigenvalue weighted by molar-refractivity contribution is 5.68. The Bertz CT molecular complexity index is 571. The van der Waals surface area contributed by atoms with Crippen LogP contribution in [0.5, 0.6) is 5.75 Å². The van der Waals surface area contributed by atoms with Crippen molar-refractivity contribution in [2.75, 3.05) is 13.1 Å². The van der Waals surface area contributed by atoms with Crippen LogP contribution in [0, 0.1) is 5.82 Å². The predicted molar refractivity (Wildman–Crippen MR) is 85.8 cm³/mol. The Morgan fingerprint density at radius 2 is 2.17 bits per heavy atom. The molecular formula is C17H25FN2O3. The minimum atomic E-state index is -0.511. The fourth-order valence-electron chi connectivity index (χ4n) is 2.70. The molecule has 0 aliphatic carbocycles. The molecule has 1 aromatic carbocycles. The fourth-order valence-corrected chi connectivity index (χ4v) is 2.70. The van der Waals surface area contributed by atoms with Gasteiger partial charge >= 0.3 is 6.09 Å². The van der Waals surface area contributed by atoms with Crippen molar-refractivity contribution in [3.05, 3.63) is 29.6 Å². The number of halogens is 1. The number of phenols is 1. The van der Waals surface area contributed by atoms with Gasteiger partial charge in [0.15, 0.2) is 0 Å². The molecule has 1 aliphatic rings. The average molecular weight is 324 g/mol. The Balaban J connectivity index is 1.92. The summed E-state index contributed by atoms with van der Waals surface area (Å²) in [7, 11) is 0. The van der Waals surface area contributed by atoms with Crippen molar-refractivity contribution in [1.82, 2.24) is 10.2 Å². The van der Waals surface area contributed by atoms with Gasteiger partial charge in [-0.15, -0.1) is 0 Å². The molecule has 5 nitrogen and oxygen atoms in total. The van der Waals surface area contributed by atoms with Gasteiger partial charge in [0.05, 0.1) is 0 Å². The summed E-state index contributed by atoms with van der Waals surface area (Å²) in [5.74, 6) is -0.318. The summed E-state index contributed by atoms with van der Waals surface area (Å²) in [5.41, 5.74) is 0.00388. The molecule has 6 heteroatoms. The number of benzene rings is 1. The maximum atomic E-state index is 13.3. The first-order valence-corrected chi connectivity index (χ1v) is 7.88. The number of hydrogen-bond donors (Lipinski definition) is 2. The molecule has 0 aromatic heterocycles. The zero-order valence-electron chi connectivity index (χ0n) is 14.1. The van der Waals surface area contributed by atoms with E-state index in [9.17, 15) is 14.3 Å². The Morgan fingerprint density at radius 3 is 2.83 bits per heavy atom. The Labute approximate surface area is 136 Å². The van der Waals surface area contributed by atoms with Crippen LogP contribution < -0.4 is 5.32 Å². The van der Waals surface area contributed by atoms with Crippen molar-refractivity contribution < 1.29 is 19.0 Å². The summed E-state index contributed by atoms with van der Waals surface area (Å²) in [6.45, 7) is 8.54. The van der Waals surface area contributed by atoms with E-state index < -0.39 is 5.60 Å². The van der Waals surface area contributed by atoms with Gasteiger partial charge in [0, 0.05) is 30.7 Å². The highest BCUT2D eigenvalue weighted by atomic mass is 19.1. The van der Waals surface area contributed by atoms with Crippen molar-refractivity contribution in [1.29, 1.82) is 0 Å². The zero-order chi connectivity index (χ0) is 17.2. The third kappa shape index (κ3) is 4.82. The molecule has 1 aromatic rings. The van der Waals surface area contributed by atoms with Gasteiger partial charge in [-0.05, 0) is 52.3 Å². The van der Waals surface area contributed by atoms with Crippen LogP contribution >= 0.6 is 0 Å². The Kier molecular flexibility index (Phi) is 5.14. The SMILES string of the molecule is CC(NC1CCN(C(=O)OC(C)(C)C)C1)c1cc(F)ccc1O. The highest BCUT2D eigenvalue weighted by Crippen LogP contribution is 2.26. The number of amides is 1. The van der Waals surface area contributed by atoms with E-state index in [4.69, 9.17) is 4.74 Å². The van der Waals surface area contributed by atoms with E-state index in [2.05, 4.69) is 5.32 Å². The Hall–Kier alpha value is -1.82. The van der Waals surface area contributed by atoms with Crippen LogP contribution in [0.4, 0.5) is 9.18 Å². The lowest BCUT2D eigenvalue weighted by molar-refractivity contribution is 0.0290. The number of nitrogens with one attached hydrogen (secondary N) is 1. The number of likely N-dealkylation sites (tertiary alicyclic amines) is 1. The van der Waals surface area contributed by atoms with Gasteiger partial charge in [0.2, 0.25) is 0 Å². The second kappa shape index (κ2) is 6.74. The second-order valence-corrected chi connectivity index (χ2v) is 7.00. The van der Waals surface area contributed by atoms with E-state index in [0.29, 0.717) is 18.7 Å². The first-order valence-electron chi connectivity index (χ1n) is 7.88. The number of aromatic hydroxyl groups is 1. The topological polar surface area (TPSA) is 61.8 Å². The molecule has 0 radical (unpaired) electrons. The molecule has 1 saturated heterocycles. The van der Waals surface area contributed by atoms with Crippen LogP contribution in [0.2, 0.25) is 0 Å². The van der Waals surface area contributed by atoms with Crippen molar-refractivity contribution >= 4 is 6.09 Å². The number of ether oxygens (including phenoxy) is 1. The van der Waals surface area contributed by atoms with Gasteiger partial charge in [-0.2, -0.15) is 0 Å². The van der Waals surface area contributed by atoms with E-state index in [0.717, 1.165) is 6.42 Å². The largest absolute Gasteiger partial charge is 0.508 e. The van der Waals surface area contributed by atoms with E-state index >= 15 is 0 Å². The molecule has 1 heterocycles. The molecule has 23 heavy (non-hydrogen) atoms.